The summed E-state index contributed by atoms with van der Waals surface area (Å²) in [5.74, 6) is 1.89. The van der Waals surface area contributed by atoms with Gasteiger partial charge in [0.1, 0.15) is 5.75 Å². The third kappa shape index (κ3) is 2.44. The van der Waals surface area contributed by atoms with E-state index in [-0.39, 0.29) is 0 Å². The normalized spacial score (nSPS) is 15.6. The average Bonchev–Trinajstić information content (AvgIpc) is 3.00. The van der Waals surface area contributed by atoms with Gasteiger partial charge in [-0.05, 0) is 49.6 Å². The molecule has 0 bridgehead atoms. The van der Waals surface area contributed by atoms with Gasteiger partial charge >= 0.3 is 0 Å². The van der Waals surface area contributed by atoms with Gasteiger partial charge in [0, 0.05) is 4.90 Å². The molecule has 1 aliphatic carbocycles. The van der Waals surface area contributed by atoms with Crippen LogP contribution < -0.4 is 4.74 Å². The molecule has 1 aliphatic rings. The van der Waals surface area contributed by atoms with E-state index in [9.17, 15) is 0 Å². The highest BCUT2D eigenvalue weighted by atomic mass is 32.2. The van der Waals surface area contributed by atoms with Gasteiger partial charge in [0.15, 0.2) is 0 Å². The first kappa shape index (κ1) is 9.91. The van der Waals surface area contributed by atoms with Gasteiger partial charge < -0.3 is 4.74 Å². The van der Waals surface area contributed by atoms with Crippen molar-refractivity contribution in [3.63, 3.8) is 0 Å². The van der Waals surface area contributed by atoms with Crippen molar-refractivity contribution in [2.24, 2.45) is 5.92 Å². The van der Waals surface area contributed by atoms with Crippen LogP contribution in [0.1, 0.15) is 18.4 Å². The highest BCUT2D eigenvalue weighted by Gasteiger charge is 2.22. The van der Waals surface area contributed by atoms with Gasteiger partial charge in [0.25, 0.3) is 0 Å². The summed E-state index contributed by atoms with van der Waals surface area (Å²) in [4.78, 5) is 1.28. The fourth-order valence-electron chi connectivity index (χ4n) is 1.36. The predicted octanol–water partition coefficient (Wildman–Crippen LogP) is 3.51. The summed E-state index contributed by atoms with van der Waals surface area (Å²) >= 11 is 1.76. The lowest BCUT2D eigenvalue weighted by atomic mass is 10.2. The van der Waals surface area contributed by atoms with Crippen molar-refractivity contribution in [2.45, 2.75) is 24.7 Å². The molecule has 14 heavy (non-hydrogen) atoms. The Bertz CT molecular complexity index is 318. The number of aryl methyl sites for hydroxylation is 1. The maximum Gasteiger partial charge on any atom is 0.123 e. The highest BCUT2D eigenvalue weighted by Crippen LogP contribution is 2.31. The molecule has 0 amide bonds. The molecule has 1 nitrogen and oxygen atoms in total. The molecule has 0 heterocycles. The van der Waals surface area contributed by atoms with E-state index in [0.29, 0.717) is 0 Å². The van der Waals surface area contributed by atoms with Gasteiger partial charge in [-0.3, -0.25) is 0 Å². The Kier molecular flexibility index (Phi) is 3.02. The smallest absolute Gasteiger partial charge is 0.123 e. The summed E-state index contributed by atoms with van der Waals surface area (Å²) in [6.07, 6.45) is 4.79. The van der Waals surface area contributed by atoms with Crippen molar-refractivity contribution >= 4 is 11.8 Å². The third-order valence-corrected chi connectivity index (χ3v) is 3.29. The lowest BCUT2D eigenvalue weighted by Crippen LogP contribution is -2.00. The standard InChI is InChI=1S/C12H16OS/c1-9-3-6-11(14-2)7-12(9)13-8-10-4-5-10/h3,6-7,10H,4-5,8H2,1-2H3. The zero-order valence-electron chi connectivity index (χ0n) is 8.75. The summed E-state index contributed by atoms with van der Waals surface area (Å²) < 4.78 is 5.79. The molecule has 76 valence electrons. The number of thioether (sulfide) groups is 1. The monoisotopic (exact) mass is 208 g/mol. The Hall–Kier alpha value is -0.630. The molecule has 0 atom stereocenters. The van der Waals surface area contributed by atoms with Crippen LogP contribution in [0, 0.1) is 12.8 Å². The van der Waals surface area contributed by atoms with Gasteiger partial charge in [0.2, 0.25) is 0 Å². The van der Waals surface area contributed by atoms with Crippen LogP contribution in [0.25, 0.3) is 0 Å². The number of hydrogen-bond donors (Lipinski definition) is 0. The molecule has 1 saturated carbocycles. The molecular formula is C12H16OS. The van der Waals surface area contributed by atoms with Gasteiger partial charge in [-0.1, -0.05) is 6.07 Å². The van der Waals surface area contributed by atoms with Gasteiger partial charge in [0.05, 0.1) is 6.61 Å². The van der Waals surface area contributed by atoms with Crippen LogP contribution in [0.5, 0.6) is 5.75 Å². The highest BCUT2D eigenvalue weighted by molar-refractivity contribution is 7.98. The van der Waals surface area contributed by atoms with Crippen LogP contribution in [0.2, 0.25) is 0 Å². The van der Waals surface area contributed by atoms with Gasteiger partial charge in [-0.15, -0.1) is 11.8 Å². The maximum atomic E-state index is 5.79. The summed E-state index contributed by atoms with van der Waals surface area (Å²) in [6.45, 7) is 3.00. The van der Waals surface area contributed by atoms with Gasteiger partial charge in [-0.25, -0.2) is 0 Å². The largest absolute Gasteiger partial charge is 0.493 e. The predicted molar refractivity (Wildman–Crippen MR) is 61.2 cm³/mol. The molecule has 0 saturated heterocycles. The van der Waals surface area contributed by atoms with Gasteiger partial charge in [-0.2, -0.15) is 0 Å². The molecule has 0 aliphatic heterocycles. The van der Waals surface area contributed by atoms with Crippen LogP contribution in [0.4, 0.5) is 0 Å². The van der Waals surface area contributed by atoms with Crippen molar-refractivity contribution < 1.29 is 4.74 Å². The van der Waals surface area contributed by atoms with E-state index < -0.39 is 0 Å². The topological polar surface area (TPSA) is 9.23 Å². The Labute approximate surface area is 89.9 Å². The van der Waals surface area contributed by atoms with E-state index in [0.717, 1.165) is 18.3 Å². The minimum Gasteiger partial charge on any atom is -0.493 e. The SMILES string of the molecule is CSc1ccc(C)c(OCC2CC2)c1. The Morgan fingerprint density at radius 1 is 1.43 bits per heavy atom. The summed E-state index contributed by atoms with van der Waals surface area (Å²) in [7, 11) is 0. The van der Waals surface area contributed by atoms with Crippen molar-refractivity contribution in [3.05, 3.63) is 23.8 Å². The average molecular weight is 208 g/mol. The molecule has 2 heteroatoms. The summed E-state index contributed by atoms with van der Waals surface area (Å²) in [6, 6.07) is 6.42. The number of ether oxygens (including phenoxy) is 1. The number of rotatable bonds is 4. The molecule has 0 aromatic heterocycles. The summed E-state index contributed by atoms with van der Waals surface area (Å²) in [5, 5.41) is 0. The van der Waals surface area contributed by atoms with Crippen LogP contribution in [-0.2, 0) is 0 Å². The zero-order valence-corrected chi connectivity index (χ0v) is 9.56. The van der Waals surface area contributed by atoms with E-state index in [4.69, 9.17) is 4.74 Å². The molecule has 1 fully saturated rings. The van der Waals surface area contributed by atoms with Crippen molar-refractivity contribution in [3.8, 4) is 5.75 Å². The third-order valence-electron chi connectivity index (χ3n) is 2.57. The first-order valence-corrected chi connectivity index (χ1v) is 6.29. The van der Waals surface area contributed by atoms with Crippen LogP contribution in [-0.4, -0.2) is 12.9 Å². The van der Waals surface area contributed by atoms with Crippen molar-refractivity contribution in [1.82, 2.24) is 0 Å². The molecular weight excluding hydrogens is 192 g/mol. The second kappa shape index (κ2) is 4.26. The fraction of sp³-hybridized carbons (Fsp3) is 0.500. The Balaban J connectivity index is 2.04. The van der Waals surface area contributed by atoms with Crippen LogP contribution in [0.3, 0.4) is 0 Å². The number of benzene rings is 1. The Morgan fingerprint density at radius 2 is 2.21 bits per heavy atom. The zero-order chi connectivity index (χ0) is 9.97. The Morgan fingerprint density at radius 3 is 2.86 bits per heavy atom. The lowest BCUT2D eigenvalue weighted by molar-refractivity contribution is 0.297. The second-order valence-electron chi connectivity index (χ2n) is 3.89. The molecule has 0 unspecified atom stereocenters. The fourth-order valence-corrected chi connectivity index (χ4v) is 1.78. The van der Waals surface area contributed by atoms with Crippen LogP contribution in [0.15, 0.2) is 23.1 Å². The van der Waals surface area contributed by atoms with E-state index in [1.807, 2.05) is 0 Å². The minimum absolute atomic E-state index is 0.826. The second-order valence-corrected chi connectivity index (χ2v) is 4.77. The molecule has 1 aromatic carbocycles. The molecule has 2 rings (SSSR count). The minimum atomic E-state index is 0.826. The molecule has 1 aromatic rings. The lowest BCUT2D eigenvalue weighted by Gasteiger charge is -2.09. The van der Waals surface area contributed by atoms with E-state index in [1.165, 1.54) is 23.3 Å². The van der Waals surface area contributed by atoms with Crippen molar-refractivity contribution in [1.29, 1.82) is 0 Å². The van der Waals surface area contributed by atoms with Crippen molar-refractivity contribution in [2.75, 3.05) is 12.9 Å². The van der Waals surface area contributed by atoms with Crippen LogP contribution >= 0.6 is 11.8 Å². The maximum absolute atomic E-state index is 5.79. The molecule has 0 N–H and O–H groups in total. The first-order valence-electron chi connectivity index (χ1n) is 5.07. The summed E-state index contributed by atoms with van der Waals surface area (Å²) in [5.41, 5.74) is 1.24. The van der Waals surface area contributed by atoms with E-state index >= 15 is 0 Å². The quantitative estimate of drug-likeness (QED) is 0.700. The molecule has 0 radical (unpaired) electrons. The molecule has 0 spiro atoms. The first-order chi connectivity index (χ1) is 6.79. The number of hydrogen-bond acceptors (Lipinski definition) is 2. The van der Waals surface area contributed by atoms with E-state index in [1.54, 1.807) is 11.8 Å². The van der Waals surface area contributed by atoms with E-state index in [2.05, 4.69) is 31.4 Å².